The number of Topliss-reactive ketones (excluding diaryl/α,β-unsaturated/α-hetero) is 2. The lowest BCUT2D eigenvalue weighted by Gasteiger charge is -2.29. The first-order valence-electron chi connectivity index (χ1n) is 23.3. The summed E-state index contributed by atoms with van der Waals surface area (Å²) < 4.78 is 102. The Balaban J connectivity index is 0.000000226. The van der Waals surface area contributed by atoms with E-state index >= 15 is 0 Å². The maximum Gasteiger partial charge on any atom is 0.419 e. The van der Waals surface area contributed by atoms with E-state index in [0.717, 1.165) is 74.3 Å². The Labute approximate surface area is 431 Å². The van der Waals surface area contributed by atoms with Gasteiger partial charge in [-0.25, -0.2) is 4.98 Å². The first-order chi connectivity index (χ1) is 34.9. The lowest BCUT2D eigenvalue weighted by molar-refractivity contribution is -0.138. The first kappa shape index (κ1) is 57.8. The molecule has 0 radical (unpaired) electrons. The molecule has 6 aromatic rings. The number of carbonyl (C=O) groups is 2. The summed E-state index contributed by atoms with van der Waals surface area (Å²) in [4.78, 5) is 36.2. The van der Waals surface area contributed by atoms with Gasteiger partial charge < -0.3 is 45.1 Å². The summed E-state index contributed by atoms with van der Waals surface area (Å²) in [6, 6.07) is 27.1. The largest absolute Gasteiger partial charge is 0.496 e. The van der Waals surface area contributed by atoms with Gasteiger partial charge in [-0.3, -0.25) is 14.6 Å². The molecule has 2 saturated heterocycles. The van der Waals surface area contributed by atoms with Crippen molar-refractivity contribution in [2.45, 2.75) is 52.9 Å². The number of hydrogen-bond donors (Lipinski definition) is 3. The summed E-state index contributed by atoms with van der Waals surface area (Å²) >= 11 is 5.68. The average Bonchev–Trinajstić information content (AvgIpc) is 3.39. The Morgan fingerprint density at radius 3 is 1.55 bits per heavy atom. The Bertz CT molecular complexity index is 2820. The zero-order valence-electron chi connectivity index (χ0n) is 40.6. The molecule has 20 heteroatoms. The number of nitrogens with one attached hydrogen (secondary N) is 2. The van der Waals surface area contributed by atoms with Crippen molar-refractivity contribution in [1.29, 1.82) is 0 Å². The van der Waals surface area contributed by atoms with E-state index in [1.165, 1.54) is 12.1 Å². The van der Waals surface area contributed by atoms with Gasteiger partial charge >= 0.3 is 12.4 Å². The van der Waals surface area contributed by atoms with Gasteiger partial charge in [-0.15, -0.1) is 0 Å². The minimum atomic E-state index is -4.62. The third kappa shape index (κ3) is 15.5. The summed E-state index contributed by atoms with van der Waals surface area (Å²) in [5.74, 6) is 1.04. The van der Waals surface area contributed by atoms with Gasteiger partial charge in [-0.2, -0.15) is 26.3 Å². The van der Waals surface area contributed by atoms with Crippen LogP contribution in [-0.4, -0.2) is 88.4 Å². The van der Waals surface area contributed by atoms with E-state index in [1.54, 1.807) is 70.5 Å². The highest BCUT2D eigenvalue weighted by Gasteiger charge is 2.36. The molecule has 0 spiro atoms. The lowest BCUT2D eigenvalue weighted by Crippen LogP contribution is -2.36. The SMILES string of the molecule is C.CCC(=O)c1ccccc1Nc1cc(Cc2ccc(N3CCOCC3)cc2OC)ncc1C(F)(F)F.CCC(=O)c1ccccc1Nc1cc(Cl)ncc1C(F)(F)F.COc1cc(N2CCOCC2)ccc1N. The number of nitrogen functional groups attached to an aromatic ring is 1. The molecule has 0 atom stereocenters. The van der Waals surface area contributed by atoms with Crippen molar-refractivity contribution in [3.63, 3.8) is 0 Å². The molecular formula is C54H60ClF6N7O6. The van der Waals surface area contributed by atoms with Crippen LogP contribution in [0.4, 0.5) is 66.2 Å². The molecule has 74 heavy (non-hydrogen) atoms. The number of methoxy groups -OCH3 is 2. The molecule has 2 aromatic heterocycles. The van der Waals surface area contributed by atoms with E-state index in [9.17, 15) is 35.9 Å². The molecular weight excluding hydrogens is 992 g/mol. The molecule has 2 fully saturated rings. The van der Waals surface area contributed by atoms with Crippen LogP contribution in [0.3, 0.4) is 0 Å². The number of halogens is 7. The van der Waals surface area contributed by atoms with Crippen LogP contribution < -0.4 is 35.6 Å². The van der Waals surface area contributed by atoms with Crippen LogP contribution in [0.15, 0.2) is 109 Å². The monoisotopic (exact) mass is 1050 g/mol. The normalized spacial score (nSPS) is 13.5. The Kier molecular flexibility index (Phi) is 20.9. The molecule has 0 bridgehead atoms. The maximum absolute atomic E-state index is 13.8. The highest BCUT2D eigenvalue weighted by molar-refractivity contribution is 6.29. The minimum Gasteiger partial charge on any atom is -0.496 e. The van der Waals surface area contributed by atoms with Gasteiger partial charge in [0.2, 0.25) is 0 Å². The standard InChI is InChI=1S/C27H28F3N3O3.C15H12ClF3N2O.C11H16N2O2.CH4/c1-3-25(34)21-6-4-5-7-23(21)32-24-15-19(31-17-22(24)27(28,29)30)14-18-8-9-20(16-26(18)35-2)33-10-12-36-13-11-33;1-2-13(22)9-5-3-4-6-11(9)21-12-7-14(16)20-8-10(12)15(17,18)19;1-14-11-8-9(2-3-10(11)12)13-4-6-15-7-5-13;/h4-9,15-17H,3,10-14H2,1-2H3,(H,31,32);3-8H,2H2,1H3,(H,20,21);2-3,8H,4-7,12H2,1H3;1H4. The van der Waals surface area contributed by atoms with Crippen LogP contribution in [-0.2, 0) is 28.2 Å². The van der Waals surface area contributed by atoms with E-state index in [0.29, 0.717) is 59.0 Å². The van der Waals surface area contributed by atoms with Crippen LogP contribution in [0.1, 0.15) is 77.2 Å². The number of anilines is 7. The number of carbonyl (C=O) groups excluding carboxylic acids is 2. The summed E-state index contributed by atoms with van der Waals surface area (Å²) in [5, 5.41) is 5.40. The van der Waals surface area contributed by atoms with Gasteiger partial charge in [0, 0.05) is 115 Å². The van der Waals surface area contributed by atoms with Crippen LogP contribution in [0.5, 0.6) is 11.5 Å². The van der Waals surface area contributed by atoms with Gasteiger partial charge in [0.1, 0.15) is 16.7 Å². The van der Waals surface area contributed by atoms with Gasteiger partial charge in [0.15, 0.2) is 11.6 Å². The summed E-state index contributed by atoms with van der Waals surface area (Å²) in [7, 11) is 3.20. The molecule has 13 nitrogen and oxygen atoms in total. The average molecular weight is 1050 g/mol. The number of morpholine rings is 2. The van der Waals surface area contributed by atoms with Crippen LogP contribution in [0.2, 0.25) is 5.15 Å². The molecule has 4 heterocycles. The quantitative estimate of drug-likeness (QED) is 0.0411. The summed E-state index contributed by atoms with van der Waals surface area (Å²) in [5.41, 5.74) is 8.83. The number of rotatable bonds is 14. The number of benzene rings is 4. The van der Waals surface area contributed by atoms with Crippen molar-refractivity contribution >= 4 is 63.0 Å². The number of hydrogen-bond acceptors (Lipinski definition) is 13. The number of nitrogens with zero attached hydrogens (tertiary/aromatic N) is 4. The summed E-state index contributed by atoms with van der Waals surface area (Å²) in [6.45, 7) is 9.68. The molecule has 2 aliphatic heterocycles. The third-order valence-corrected chi connectivity index (χ3v) is 11.9. The van der Waals surface area contributed by atoms with Gasteiger partial charge in [0.05, 0.1) is 68.8 Å². The fraction of sp³-hybridized carbons (Fsp3) is 0.333. The zero-order chi connectivity index (χ0) is 52.7. The van der Waals surface area contributed by atoms with Gasteiger partial charge in [0.25, 0.3) is 0 Å². The highest BCUT2D eigenvalue weighted by atomic mass is 35.5. The van der Waals surface area contributed by atoms with E-state index in [2.05, 4.69) is 30.4 Å². The number of ether oxygens (including phenoxy) is 4. The van der Waals surface area contributed by atoms with E-state index < -0.39 is 23.5 Å². The molecule has 0 saturated carbocycles. The van der Waals surface area contributed by atoms with Crippen molar-refractivity contribution in [3.8, 4) is 11.5 Å². The second kappa shape index (κ2) is 26.7. The van der Waals surface area contributed by atoms with Crippen molar-refractivity contribution in [2.24, 2.45) is 0 Å². The Morgan fingerprint density at radius 2 is 1.08 bits per heavy atom. The fourth-order valence-corrected chi connectivity index (χ4v) is 7.99. The van der Waals surface area contributed by atoms with Crippen molar-refractivity contribution in [3.05, 3.63) is 148 Å². The molecule has 8 rings (SSSR count). The number of ketones is 2. The predicted octanol–water partition coefficient (Wildman–Crippen LogP) is 12.7. The van der Waals surface area contributed by atoms with E-state index in [4.69, 9.17) is 36.3 Å². The molecule has 0 amide bonds. The molecule has 0 unspecified atom stereocenters. The second-order valence-electron chi connectivity index (χ2n) is 16.5. The van der Waals surface area contributed by atoms with Crippen molar-refractivity contribution in [2.75, 3.05) is 93.0 Å². The third-order valence-electron chi connectivity index (χ3n) is 11.7. The van der Waals surface area contributed by atoms with Crippen LogP contribution in [0.25, 0.3) is 0 Å². The van der Waals surface area contributed by atoms with Gasteiger partial charge in [-0.05, 0) is 54.6 Å². The number of alkyl halides is 6. The van der Waals surface area contributed by atoms with Crippen LogP contribution >= 0.6 is 11.6 Å². The smallest absolute Gasteiger partial charge is 0.419 e. The number of para-hydroxylation sites is 2. The number of pyridine rings is 2. The second-order valence-corrected chi connectivity index (χ2v) is 16.8. The maximum atomic E-state index is 13.8. The fourth-order valence-electron chi connectivity index (χ4n) is 7.84. The van der Waals surface area contributed by atoms with Gasteiger partial charge in [-0.1, -0.05) is 63.2 Å². The Morgan fingerprint density at radius 1 is 0.635 bits per heavy atom. The summed E-state index contributed by atoms with van der Waals surface area (Å²) in [6.07, 6.45) is -6.94. The van der Waals surface area contributed by atoms with Crippen molar-refractivity contribution in [1.82, 2.24) is 9.97 Å². The minimum absolute atomic E-state index is 0. The Hall–Kier alpha value is -7.09. The molecule has 0 aliphatic carbocycles. The van der Waals surface area contributed by atoms with E-state index in [1.807, 2.05) is 36.4 Å². The van der Waals surface area contributed by atoms with Crippen molar-refractivity contribution < 1.29 is 54.9 Å². The highest BCUT2D eigenvalue weighted by Crippen LogP contribution is 2.39. The predicted molar refractivity (Wildman–Crippen MR) is 278 cm³/mol. The molecule has 2 aliphatic rings. The van der Waals surface area contributed by atoms with E-state index in [-0.39, 0.29) is 54.8 Å². The molecule has 396 valence electrons. The molecule has 4 N–H and O–H groups in total. The topological polar surface area (TPSA) is 153 Å². The van der Waals surface area contributed by atoms with Crippen LogP contribution in [0, 0.1) is 0 Å². The lowest BCUT2D eigenvalue weighted by atomic mass is 10.0. The number of aromatic nitrogens is 2. The first-order valence-corrected chi connectivity index (χ1v) is 23.6. The molecule has 4 aromatic carbocycles. The number of nitrogens with two attached hydrogens (primary N) is 1. The zero-order valence-corrected chi connectivity index (χ0v) is 41.4.